The van der Waals surface area contributed by atoms with Crippen molar-refractivity contribution >= 4 is 22.6 Å². The molecule has 1 heterocycles. The van der Waals surface area contributed by atoms with Gasteiger partial charge in [0.15, 0.2) is 5.82 Å². The normalized spacial score (nSPS) is 10.8. The van der Waals surface area contributed by atoms with Crippen LogP contribution in [0.3, 0.4) is 0 Å². The molecule has 66 valence electrons. The van der Waals surface area contributed by atoms with Crippen LogP contribution in [0.2, 0.25) is 0 Å². The summed E-state index contributed by atoms with van der Waals surface area (Å²) in [6.07, 6.45) is -2.22. The molecule has 0 unspecified atom stereocenters. The van der Waals surface area contributed by atoms with Crippen molar-refractivity contribution in [2.24, 2.45) is 0 Å². The molecule has 0 radical (unpaired) electrons. The third-order valence-electron chi connectivity index (χ3n) is 1.24. The third kappa shape index (κ3) is 1.62. The zero-order valence-electron chi connectivity index (χ0n) is 5.57. The molecule has 0 aliphatic carbocycles. The second-order valence-electron chi connectivity index (χ2n) is 2.00. The maximum Gasteiger partial charge on any atom is 0.268 e. The van der Waals surface area contributed by atoms with E-state index in [9.17, 15) is 18.0 Å². The topological polar surface area (TPSA) is 32.9 Å². The van der Waals surface area contributed by atoms with Gasteiger partial charge in [0.1, 0.15) is 3.57 Å². The predicted molar refractivity (Wildman–Crippen MR) is 44.7 cm³/mol. The van der Waals surface area contributed by atoms with Crippen molar-refractivity contribution in [2.75, 3.05) is 0 Å². The van der Waals surface area contributed by atoms with E-state index in [2.05, 4.69) is 0 Å². The Morgan fingerprint density at radius 1 is 1.50 bits per heavy atom. The van der Waals surface area contributed by atoms with Crippen molar-refractivity contribution in [2.45, 2.75) is 6.43 Å². The van der Waals surface area contributed by atoms with Crippen LogP contribution in [0.4, 0.5) is 13.2 Å². The second kappa shape index (κ2) is 3.46. The highest BCUT2D eigenvalue weighted by molar-refractivity contribution is 14.1. The van der Waals surface area contributed by atoms with Crippen molar-refractivity contribution in [3.05, 3.63) is 31.5 Å². The molecule has 0 aromatic carbocycles. The number of hydrogen-bond acceptors (Lipinski definition) is 1. The van der Waals surface area contributed by atoms with Gasteiger partial charge in [-0.15, -0.1) is 0 Å². The molecule has 0 spiro atoms. The maximum atomic E-state index is 12.8. The van der Waals surface area contributed by atoms with Crippen LogP contribution in [0.15, 0.2) is 11.0 Å². The molecular weight excluding hydrogens is 286 g/mol. The number of pyridine rings is 1. The van der Waals surface area contributed by atoms with Crippen LogP contribution in [0.5, 0.6) is 0 Å². The molecule has 0 amide bonds. The quantitative estimate of drug-likeness (QED) is 0.789. The summed E-state index contributed by atoms with van der Waals surface area (Å²) in [6.45, 7) is 0. The summed E-state index contributed by atoms with van der Waals surface area (Å²) in [5.74, 6) is -1.14. The molecule has 0 aliphatic heterocycles. The first-order chi connectivity index (χ1) is 5.54. The Kier molecular flexibility index (Phi) is 2.76. The Bertz CT molecular complexity index is 349. The third-order valence-corrected chi connectivity index (χ3v) is 2.20. The number of alkyl halides is 2. The average Bonchev–Trinajstić information content (AvgIpc) is 2.00. The lowest BCUT2D eigenvalue weighted by Gasteiger charge is -2.01. The van der Waals surface area contributed by atoms with E-state index in [1.54, 1.807) is 0 Å². The Hall–Kier alpha value is -0.530. The van der Waals surface area contributed by atoms with Gasteiger partial charge in [0.25, 0.3) is 12.0 Å². The summed E-state index contributed by atoms with van der Waals surface area (Å²) in [6, 6.07) is 0. The van der Waals surface area contributed by atoms with E-state index >= 15 is 0 Å². The van der Waals surface area contributed by atoms with Gasteiger partial charge in [-0.3, -0.25) is 4.79 Å². The van der Waals surface area contributed by atoms with Gasteiger partial charge in [-0.25, -0.2) is 13.2 Å². The van der Waals surface area contributed by atoms with E-state index in [0.29, 0.717) is 6.20 Å². The second-order valence-corrected chi connectivity index (χ2v) is 3.08. The number of halogens is 4. The fourth-order valence-corrected chi connectivity index (χ4v) is 1.12. The molecule has 12 heavy (non-hydrogen) atoms. The van der Waals surface area contributed by atoms with Crippen LogP contribution in [0.25, 0.3) is 0 Å². The van der Waals surface area contributed by atoms with E-state index in [1.165, 1.54) is 22.6 Å². The minimum atomic E-state index is -2.91. The van der Waals surface area contributed by atoms with Crippen LogP contribution < -0.4 is 5.56 Å². The van der Waals surface area contributed by atoms with Gasteiger partial charge in [0.2, 0.25) is 0 Å². The molecule has 0 aliphatic rings. The summed E-state index contributed by atoms with van der Waals surface area (Å²) in [5.41, 5.74) is -1.48. The van der Waals surface area contributed by atoms with Crippen molar-refractivity contribution in [3.8, 4) is 0 Å². The molecule has 1 aromatic heterocycles. The monoisotopic (exact) mass is 289 g/mol. The van der Waals surface area contributed by atoms with Gasteiger partial charge in [-0.2, -0.15) is 0 Å². The van der Waals surface area contributed by atoms with Crippen molar-refractivity contribution < 1.29 is 13.2 Å². The molecule has 0 saturated heterocycles. The van der Waals surface area contributed by atoms with Gasteiger partial charge in [-0.1, -0.05) is 0 Å². The summed E-state index contributed by atoms with van der Waals surface area (Å²) in [4.78, 5) is 12.7. The lowest BCUT2D eigenvalue weighted by atomic mass is 10.3. The zero-order valence-corrected chi connectivity index (χ0v) is 7.73. The first-order valence-electron chi connectivity index (χ1n) is 2.88. The first kappa shape index (κ1) is 9.56. The molecule has 0 atom stereocenters. The van der Waals surface area contributed by atoms with Crippen LogP contribution in [-0.4, -0.2) is 4.98 Å². The largest absolute Gasteiger partial charge is 0.328 e. The van der Waals surface area contributed by atoms with E-state index in [4.69, 9.17) is 0 Å². The zero-order chi connectivity index (χ0) is 9.30. The van der Waals surface area contributed by atoms with E-state index in [0.717, 1.165) is 0 Å². The Morgan fingerprint density at radius 3 is 2.58 bits per heavy atom. The number of nitrogens with one attached hydrogen (secondary N) is 1. The Morgan fingerprint density at radius 2 is 2.08 bits per heavy atom. The van der Waals surface area contributed by atoms with E-state index in [1.807, 2.05) is 4.98 Å². The Balaban J connectivity index is 3.36. The molecule has 1 rings (SSSR count). The summed E-state index contributed by atoms with van der Waals surface area (Å²) < 4.78 is 36.4. The molecule has 1 N–H and O–H groups in total. The average molecular weight is 289 g/mol. The highest BCUT2D eigenvalue weighted by Gasteiger charge is 2.17. The number of rotatable bonds is 1. The highest BCUT2D eigenvalue weighted by Crippen LogP contribution is 2.21. The number of aromatic amines is 1. The Labute approximate surface area is 78.9 Å². The number of H-pyrrole nitrogens is 1. The summed E-state index contributed by atoms with van der Waals surface area (Å²) in [5, 5.41) is 0. The predicted octanol–water partition coefficient (Wildman–Crippen LogP) is 2.06. The van der Waals surface area contributed by atoms with Crippen LogP contribution in [0.1, 0.15) is 12.0 Å². The molecule has 0 fully saturated rings. The summed E-state index contributed by atoms with van der Waals surface area (Å²) in [7, 11) is 0. The molecule has 0 saturated carbocycles. The van der Waals surface area contributed by atoms with Gasteiger partial charge < -0.3 is 4.98 Å². The molecule has 0 bridgehead atoms. The van der Waals surface area contributed by atoms with Crippen LogP contribution in [0, 0.1) is 9.39 Å². The SMILES string of the molecule is O=c1[nH]cc(C(F)F)c(F)c1I. The van der Waals surface area contributed by atoms with Crippen molar-refractivity contribution in [1.29, 1.82) is 0 Å². The summed E-state index contributed by atoms with van der Waals surface area (Å²) >= 11 is 1.38. The van der Waals surface area contributed by atoms with Gasteiger partial charge in [0.05, 0.1) is 5.56 Å². The minimum Gasteiger partial charge on any atom is -0.328 e. The van der Waals surface area contributed by atoms with E-state index < -0.39 is 23.4 Å². The maximum absolute atomic E-state index is 12.8. The lowest BCUT2D eigenvalue weighted by Crippen LogP contribution is -2.13. The molecule has 6 heteroatoms. The fraction of sp³-hybridized carbons (Fsp3) is 0.167. The molecule has 1 aromatic rings. The molecular formula is C6H3F3INO. The van der Waals surface area contributed by atoms with Crippen molar-refractivity contribution in [3.63, 3.8) is 0 Å². The van der Waals surface area contributed by atoms with Gasteiger partial charge in [-0.05, 0) is 22.6 Å². The number of aromatic nitrogens is 1. The first-order valence-corrected chi connectivity index (χ1v) is 3.96. The smallest absolute Gasteiger partial charge is 0.268 e. The van der Waals surface area contributed by atoms with Crippen LogP contribution >= 0.6 is 22.6 Å². The van der Waals surface area contributed by atoms with Gasteiger partial charge in [0, 0.05) is 6.20 Å². The van der Waals surface area contributed by atoms with Gasteiger partial charge >= 0.3 is 0 Å². The number of hydrogen-bond donors (Lipinski definition) is 1. The highest BCUT2D eigenvalue weighted by atomic mass is 127. The van der Waals surface area contributed by atoms with E-state index in [-0.39, 0.29) is 3.57 Å². The van der Waals surface area contributed by atoms with Crippen molar-refractivity contribution in [1.82, 2.24) is 4.98 Å². The van der Waals surface area contributed by atoms with Crippen LogP contribution in [-0.2, 0) is 0 Å². The molecule has 2 nitrogen and oxygen atoms in total. The fourth-order valence-electron chi connectivity index (χ4n) is 0.655. The minimum absolute atomic E-state index is 0.342. The standard InChI is InChI=1S/C6H3F3INO/c7-3-2(5(8)9)1-11-6(12)4(3)10/h1,5H,(H,11,12). The lowest BCUT2D eigenvalue weighted by molar-refractivity contribution is 0.145.